The molecule has 34 heavy (non-hydrogen) atoms. The van der Waals surface area contributed by atoms with Crippen molar-refractivity contribution in [1.82, 2.24) is 25.2 Å². The number of alkyl halides is 3. The highest BCUT2D eigenvalue weighted by Gasteiger charge is 2.35. The van der Waals surface area contributed by atoms with E-state index in [4.69, 9.17) is 4.74 Å². The van der Waals surface area contributed by atoms with Gasteiger partial charge < -0.3 is 19.9 Å². The first-order valence-corrected chi connectivity index (χ1v) is 11.5. The molecule has 3 aromatic rings. The van der Waals surface area contributed by atoms with E-state index in [1.165, 1.54) is 25.0 Å². The van der Waals surface area contributed by atoms with Gasteiger partial charge in [-0.25, -0.2) is 9.97 Å². The fourth-order valence-electron chi connectivity index (χ4n) is 4.99. The number of hydrogen-bond donors (Lipinski definition) is 2. The van der Waals surface area contributed by atoms with Crippen LogP contribution >= 0.6 is 0 Å². The third-order valence-electron chi connectivity index (χ3n) is 6.69. The van der Waals surface area contributed by atoms with Gasteiger partial charge in [-0.15, -0.1) is 0 Å². The van der Waals surface area contributed by atoms with Crippen molar-refractivity contribution in [2.45, 2.75) is 38.5 Å². The number of piperidine rings is 3. The normalized spacial score (nSPS) is 22.1. The van der Waals surface area contributed by atoms with Crippen molar-refractivity contribution in [2.75, 3.05) is 26.2 Å². The number of ether oxygens (including phenoxy) is 1. The van der Waals surface area contributed by atoms with Crippen LogP contribution in [0.3, 0.4) is 0 Å². The van der Waals surface area contributed by atoms with Crippen LogP contribution in [0.15, 0.2) is 24.3 Å². The maximum Gasteiger partial charge on any atom is 0.419 e. The lowest BCUT2D eigenvalue weighted by molar-refractivity contribution is -0.138. The largest absolute Gasteiger partial charge is 0.493 e. The first-order chi connectivity index (χ1) is 16.4. The van der Waals surface area contributed by atoms with E-state index in [9.17, 15) is 18.4 Å². The lowest BCUT2D eigenvalue weighted by Crippen LogP contribution is -2.55. The zero-order valence-corrected chi connectivity index (χ0v) is 18.7. The van der Waals surface area contributed by atoms with E-state index in [1.807, 2.05) is 6.07 Å². The number of aromatic nitrogens is 3. The summed E-state index contributed by atoms with van der Waals surface area (Å²) in [6.07, 6.45) is -2.18. The number of hydrogen-bond acceptors (Lipinski definition) is 6. The summed E-state index contributed by atoms with van der Waals surface area (Å²) in [5.74, 6) is 1.10. The summed E-state index contributed by atoms with van der Waals surface area (Å²) in [4.78, 5) is 14.5. The molecule has 0 spiro atoms. The molecule has 1 atom stereocenters. The van der Waals surface area contributed by atoms with Crippen molar-refractivity contribution in [3.8, 4) is 23.1 Å². The molecule has 3 aliphatic heterocycles. The van der Waals surface area contributed by atoms with E-state index in [0.717, 1.165) is 25.7 Å². The third kappa shape index (κ3) is 4.33. The fraction of sp³-hybridized carbons (Fsp3) is 0.458. The minimum Gasteiger partial charge on any atom is -0.493 e. The number of rotatable bonds is 6. The van der Waals surface area contributed by atoms with Gasteiger partial charge in [0.05, 0.1) is 29.9 Å². The molecule has 3 fully saturated rings. The van der Waals surface area contributed by atoms with Gasteiger partial charge in [-0.2, -0.15) is 18.4 Å². The number of fused-ring (bicyclic) bond motifs is 4. The molecule has 3 aliphatic rings. The topological polar surface area (TPSA) is 89.9 Å². The molecule has 7 nitrogen and oxygen atoms in total. The van der Waals surface area contributed by atoms with Gasteiger partial charge in [-0.05, 0) is 63.0 Å². The molecule has 2 N–H and O–H groups in total. The Morgan fingerprint density at radius 2 is 2.03 bits per heavy atom. The van der Waals surface area contributed by atoms with Crippen molar-refractivity contribution in [2.24, 2.45) is 5.92 Å². The number of imidazole rings is 1. The molecular formula is C24H25F3N6O. The second-order valence-electron chi connectivity index (χ2n) is 8.81. The van der Waals surface area contributed by atoms with Gasteiger partial charge >= 0.3 is 6.18 Å². The Morgan fingerprint density at radius 1 is 1.24 bits per heavy atom. The van der Waals surface area contributed by atoms with Crippen molar-refractivity contribution in [3.63, 3.8) is 0 Å². The predicted octanol–water partition coefficient (Wildman–Crippen LogP) is 4.10. The Morgan fingerprint density at radius 3 is 2.68 bits per heavy atom. The molecule has 0 aliphatic carbocycles. The zero-order chi connectivity index (χ0) is 23.9. The number of halogens is 3. The van der Waals surface area contributed by atoms with E-state index in [0.29, 0.717) is 35.4 Å². The highest BCUT2D eigenvalue weighted by atomic mass is 19.4. The molecule has 2 bridgehead atoms. The number of benzene rings is 1. The Bertz CT molecular complexity index is 1240. The molecule has 5 heterocycles. The highest BCUT2D eigenvalue weighted by Crippen LogP contribution is 2.39. The number of pyridine rings is 1. The predicted molar refractivity (Wildman–Crippen MR) is 120 cm³/mol. The molecular weight excluding hydrogens is 445 g/mol. The number of aromatic amines is 1. The minimum absolute atomic E-state index is 0.0697. The quantitative estimate of drug-likeness (QED) is 0.564. The van der Waals surface area contributed by atoms with E-state index in [2.05, 4.69) is 25.2 Å². The molecule has 0 amide bonds. The van der Waals surface area contributed by atoms with Gasteiger partial charge in [-0.1, -0.05) is 0 Å². The van der Waals surface area contributed by atoms with E-state index < -0.39 is 11.7 Å². The van der Waals surface area contributed by atoms with Crippen LogP contribution in [-0.4, -0.2) is 52.1 Å². The molecule has 1 unspecified atom stereocenters. The van der Waals surface area contributed by atoms with E-state index in [1.54, 1.807) is 13.0 Å². The van der Waals surface area contributed by atoms with Crippen molar-refractivity contribution in [1.29, 1.82) is 5.26 Å². The molecule has 178 valence electrons. The molecule has 3 saturated heterocycles. The van der Waals surface area contributed by atoms with Gasteiger partial charge in [-0.3, -0.25) is 0 Å². The summed E-state index contributed by atoms with van der Waals surface area (Å²) < 4.78 is 45.9. The molecule has 10 heteroatoms. The second kappa shape index (κ2) is 8.89. The fourth-order valence-corrected chi connectivity index (χ4v) is 4.99. The number of nitrogens with zero attached hydrogens (tertiary/aromatic N) is 4. The van der Waals surface area contributed by atoms with Crippen LogP contribution in [0.25, 0.3) is 22.3 Å². The molecule has 2 aromatic heterocycles. The van der Waals surface area contributed by atoms with E-state index in [-0.39, 0.29) is 29.3 Å². The van der Waals surface area contributed by atoms with Crippen LogP contribution in [-0.2, 0) is 12.7 Å². The molecule has 6 rings (SSSR count). The third-order valence-corrected chi connectivity index (χ3v) is 6.69. The van der Waals surface area contributed by atoms with Gasteiger partial charge in [0.2, 0.25) is 0 Å². The Labute approximate surface area is 194 Å². The maximum absolute atomic E-state index is 13.6. The van der Waals surface area contributed by atoms with Crippen LogP contribution < -0.4 is 10.1 Å². The van der Waals surface area contributed by atoms with Crippen LogP contribution in [0.5, 0.6) is 5.75 Å². The SMILES string of the molecule is CCOc1ccc(-c2cc3[nH]c(CNC4CN5CCC4CC5)nc3c(C#N)n2)cc1C(F)(F)F. The van der Waals surface area contributed by atoms with Crippen molar-refractivity contribution >= 4 is 11.0 Å². The highest BCUT2D eigenvalue weighted by molar-refractivity contribution is 5.84. The van der Waals surface area contributed by atoms with Crippen LogP contribution in [0, 0.1) is 17.2 Å². The van der Waals surface area contributed by atoms with Crippen LogP contribution in [0.1, 0.15) is 36.8 Å². The summed E-state index contributed by atoms with van der Waals surface area (Å²) in [7, 11) is 0. The standard InChI is InChI=1S/C24H25F3N6O/c1-2-34-21-4-3-15(9-16(21)24(25,26)27)17-10-18-23(19(11-28)30-17)32-22(31-18)12-29-20-13-33-7-5-14(20)6-8-33/h3-4,9-10,14,20,29H,2,5-8,12-13H2,1H3,(H,31,32). The van der Waals surface area contributed by atoms with Crippen molar-refractivity contribution in [3.05, 3.63) is 41.3 Å². The molecule has 0 radical (unpaired) electrons. The summed E-state index contributed by atoms with van der Waals surface area (Å²) in [5.41, 5.74) is 0.682. The van der Waals surface area contributed by atoms with Crippen LogP contribution in [0.2, 0.25) is 0 Å². The van der Waals surface area contributed by atoms with E-state index >= 15 is 0 Å². The summed E-state index contributed by atoms with van der Waals surface area (Å²) >= 11 is 0. The first-order valence-electron chi connectivity index (χ1n) is 11.5. The first kappa shape index (κ1) is 22.6. The second-order valence-corrected chi connectivity index (χ2v) is 8.81. The number of H-pyrrole nitrogens is 1. The minimum atomic E-state index is -4.58. The molecule has 1 aromatic carbocycles. The lowest BCUT2D eigenvalue weighted by atomic mass is 9.84. The van der Waals surface area contributed by atoms with Gasteiger partial charge in [0.1, 0.15) is 23.2 Å². The monoisotopic (exact) mass is 470 g/mol. The van der Waals surface area contributed by atoms with Gasteiger partial charge in [0, 0.05) is 18.2 Å². The van der Waals surface area contributed by atoms with Gasteiger partial charge in [0.25, 0.3) is 0 Å². The number of nitrogens with one attached hydrogen (secondary N) is 2. The zero-order valence-electron chi connectivity index (χ0n) is 18.7. The summed E-state index contributed by atoms with van der Waals surface area (Å²) in [6, 6.07) is 7.88. The summed E-state index contributed by atoms with van der Waals surface area (Å²) in [6.45, 7) is 5.62. The van der Waals surface area contributed by atoms with Crippen LogP contribution in [0.4, 0.5) is 13.2 Å². The smallest absolute Gasteiger partial charge is 0.419 e. The van der Waals surface area contributed by atoms with Crippen molar-refractivity contribution < 1.29 is 17.9 Å². The maximum atomic E-state index is 13.6. The average Bonchev–Trinajstić information content (AvgIpc) is 3.26. The Hall–Kier alpha value is -3.16. The average molecular weight is 470 g/mol. The summed E-state index contributed by atoms with van der Waals surface area (Å²) in [5, 5.41) is 13.2. The lowest BCUT2D eigenvalue weighted by Gasteiger charge is -2.45. The Kier molecular flexibility index (Phi) is 5.91. The number of nitriles is 1. The van der Waals surface area contributed by atoms with Gasteiger partial charge in [0.15, 0.2) is 5.69 Å². The molecule has 0 saturated carbocycles. The Balaban J connectivity index is 1.44.